The molecule has 1 aromatic heterocycles. The van der Waals surface area contributed by atoms with Crippen molar-refractivity contribution in [1.82, 2.24) is 15.0 Å². The molecule has 6 heteroatoms. The van der Waals surface area contributed by atoms with Gasteiger partial charge in [0, 0.05) is 6.61 Å². The molecule has 0 unspecified atom stereocenters. The summed E-state index contributed by atoms with van der Waals surface area (Å²) in [5, 5.41) is 17.1. The van der Waals surface area contributed by atoms with Crippen LogP contribution in [-0.2, 0) is 11.3 Å². The van der Waals surface area contributed by atoms with Crippen LogP contribution >= 0.6 is 0 Å². The molecule has 0 saturated carbocycles. The average Bonchev–Trinajstić information content (AvgIpc) is 2.71. The van der Waals surface area contributed by atoms with Crippen LogP contribution in [-0.4, -0.2) is 38.3 Å². The van der Waals surface area contributed by atoms with Crippen molar-refractivity contribution in [2.75, 3.05) is 6.61 Å². The first-order chi connectivity index (χ1) is 8.93. The van der Waals surface area contributed by atoms with E-state index >= 15 is 0 Å². The molecule has 0 spiro atoms. The van der Waals surface area contributed by atoms with Crippen molar-refractivity contribution in [3.05, 3.63) is 23.8 Å². The van der Waals surface area contributed by atoms with E-state index in [1.165, 1.54) is 6.07 Å². The smallest absolute Gasteiger partial charge is 0.335 e. The molecule has 0 fully saturated rings. The molecule has 0 amide bonds. The van der Waals surface area contributed by atoms with Gasteiger partial charge in [-0.2, -0.15) is 0 Å². The third-order valence-electron chi connectivity index (χ3n) is 2.83. The van der Waals surface area contributed by atoms with Gasteiger partial charge in [0.1, 0.15) is 5.52 Å². The lowest BCUT2D eigenvalue weighted by Crippen LogP contribution is -2.31. The molecule has 1 N–H and O–H groups in total. The van der Waals surface area contributed by atoms with Crippen molar-refractivity contribution in [1.29, 1.82) is 0 Å². The van der Waals surface area contributed by atoms with Crippen LogP contribution in [0.4, 0.5) is 0 Å². The fraction of sp³-hybridized carbons (Fsp3) is 0.462. The molecule has 1 aromatic carbocycles. The van der Waals surface area contributed by atoms with E-state index in [0.717, 1.165) is 0 Å². The number of carbonyl (C=O) groups is 1. The molecule has 0 bridgehead atoms. The number of aromatic carboxylic acids is 1. The fourth-order valence-corrected chi connectivity index (χ4v) is 2.01. The zero-order valence-corrected chi connectivity index (χ0v) is 11.3. The Hall–Kier alpha value is -1.95. The number of benzene rings is 1. The Balaban J connectivity index is 2.38. The lowest BCUT2D eigenvalue weighted by Gasteiger charge is -2.24. The predicted octanol–water partition coefficient (Wildman–Crippen LogP) is 1.94. The van der Waals surface area contributed by atoms with Gasteiger partial charge in [-0.1, -0.05) is 5.21 Å². The zero-order chi connectivity index (χ0) is 14.0. The summed E-state index contributed by atoms with van der Waals surface area (Å²) in [6, 6.07) is 4.77. The highest BCUT2D eigenvalue weighted by atomic mass is 16.5. The highest BCUT2D eigenvalue weighted by Crippen LogP contribution is 2.18. The van der Waals surface area contributed by atoms with Crippen LogP contribution in [0.2, 0.25) is 0 Å². The van der Waals surface area contributed by atoms with E-state index in [-0.39, 0.29) is 11.2 Å². The second-order valence-electron chi connectivity index (χ2n) is 4.95. The summed E-state index contributed by atoms with van der Waals surface area (Å²) in [6.45, 7) is 6.99. The number of nitrogens with zero attached hydrogens (tertiary/aromatic N) is 3. The van der Waals surface area contributed by atoms with E-state index < -0.39 is 5.97 Å². The van der Waals surface area contributed by atoms with Gasteiger partial charge in [0.05, 0.1) is 23.2 Å². The SMILES string of the molecule is CCOC(C)(C)Cn1nnc2ccc(C(=O)O)cc21. The van der Waals surface area contributed by atoms with Crippen molar-refractivity contribution in [3.8, 4) is 0 Å². The third kappa shape index (κ3) is 2.90. The molecular formula is C13H17N3O3. The van der Waals surface area contributed by atoms with E-state index in [0.29, 0.717) is 24.2 Å². The highest BCUT2D eigenvalue weighted by molar-refractivity contribution is 5.92. The minimum Gasteiger partial charge on any atom is -0.478 e. The Morgan fingerprint density at radius 1 is 1.47 bits per heavy atom. The molecule has 0 aliphatic rings. The Bertz CT molecular complexity index is 604. The van der Waals surface area contributed by atoms with Crippen molar-refractivity contribution in [2.45, 2.75) is 32.9 Å². The van der Waals surface area contributed by atoms with Gasteiger partial charge in [0.25, 0.3) is 0 Å². The van der Waals surface area contributed by atoms with E-state index in [2.05, 4.69) is 10.3 Å². The van der Waals surface area contributed by atoms with Crippen LogP contribution in [0.3, 0.4) is 0 Å². The van der Waals surface area contributed by atoms with Crippen molar-refractivity contribution < 1.29 is 14.6 Å². The quantitative estimate of drug-likeness (QED) is 0.892. The van der Waals surface area contributed by atoms with Crippen LogP contribution in [0.25, 0.3) is 11.0 Å². The molecule has 0 aliphatic heterocycles. The number of carboxylic acid groups (broad SMARTS) is 1. The molecule has 1 heterocycles. The summed E-state index contributed by atoms with van der Waals surface area (Å²) in [4.78, 5) is 11.0. The Morgan fingerprint density at radius 2 is 2.21 bits per heavy atom. The van der Waals surface area contributed by atoms with Gasteiger partial charge in [0.15, 0.2) is 0 Å². The number of aromatic nitrogens is 3. The van der Waals surface area contributed by atoms with Crippen LogP contribution in [0.1, 0.15) is 31.1 Å². The number of fused-ring (bicyclic) bond motifs is 1. The first-order valence-corrected chi connectivity index (χ1v) is 6.13. The molecule has 0 atom stereocenters. The maximum Gasteiger partial charge on any atom is 0.335 e. The van der Waals surface area contributed by atoms with Crippen LogP contribution in [0.5, 0.6) is 0 Å². The molecule has 2 rings (SSSR count). The molecule has 19 heavy (non-hydrogen) atoms. The Morgan fingerprint density at radius 3 is 2.84 bits per heavy atom. The predicted molar refractivity (Wildman–Crippen MR) is 70.2 cm³/mol. The largest absolute Gasteiger partial charge is 0.478 e. The van der Waals surface area contributed by atoms with E-state index in [1.54, 1.807) is 16.8 Å². The van der Waals surface area contributed by atoms with Crippen LogP contribution in [0.15, 0.2) is 18.2 Å². The van der Waals surface area contributed by atoms with Gasteiger partial charge in [-0.25, -0.2) is 9.48 Å². The fourth-order valence-electron chi connectivity index (χ4n) is 2.01. The normalized spacial score (nSPS) is 11.9. The zero-order valence-electron chi connectivity index (χ0n) is 11.3. The second-order valence-corrected chi connectivity index (χ2v) is 4.95. The monoisotopic (exact) mass is 263 g/mol. The lowest BCUT2D eigenvalue weighted by molar-refractivity contribution is -0.0241. The number of ether oxygens (including phenoxy) is 1. The molecule has 6 nitrogen and oxygen atoms in total. The minimum absolute atomic E-state index is 0.227. The van der Waals surface area contributed by atoms with Gasteiger partial charge in [-0.15, -0.1) is 5.10 Å². The number of carboxylic acids is 1. The molecule has 0 aliphatic carbocycles. The maximum absolute atomic E-state index is 11.0. The summed E-state index contributed by atoms with van der Waals surface area (Å²) < 4.78 is 7.30. The van der Waals surface area contributed by atoms with Gasteiger partial charge in [0.2, 0.25) is 0 Å². The first kappa shape index (κ1) is 13.5. The van der Waals surface area contributed by atoms with E-state index in [1.807, 2.05) is 20.8 Å². The van der Waals surface area contributed by atoms with Crippen molar-refractivity contribution >= 4 is 17.0 Å². The number of hydrogen-bond acceptors (Lipinski definition) is 4. The van der Waals surface area contributed by atoms with Gasteiger partial charge >= 0.3 is 5.97 Å². The lowest BCUT2D eigenvalue weighted by atomic mass is 10.1. The minimum atomic E-state index is -0.960. The first-order valence-electron chi connectivity index (χ1n) is 6.13. The molecule has 0 radical (unpaired) electrons. The van der Waals surface area contributed by atoms with E-state index in [9.17, 15) is 4.79 Å². The maximum atomic E-state index is 11.0. The van der Waals surface area contributed by atoms with Crippen LogP contribution < -0.4 is 0 Å². The average molecular weight is 263 g/mol. The van der Waals surface area contributed by atoms with Crippen LogP contribution in [0, 0.1) is 0 Å². The number of rotatable bonds is 5. The standard InChI is InChI=1S/C13H17N3O3/c1-4-19-13(2,3)8-16-11-7-9(12(17)18)5-6-10(11)14-15-16/h5-7H,4,8H2,1-3H3,(H,17,18). The van der Waals surface area contributed by atoms with Gasteiger partial charge in [-0.05, 0) is 39.0 Å². The summed E-state index contributed by atoms with van der Waals surface area (Å²) in [5.41, 5.74) is 1.23. The van der Waals surface area contributed by atoms with Gasteiger partial charge < -0.3 is 9.84 Å². The summed E-state index contributed by atoms with van der Waals surface area (Å²) in [5.74, 6) is -0.960. The topological polar surface area (TPSA) is 77.2 Å². The third-order valence-corrected chi connectivity index (χ3v) is 2.83. The summed E-state index contributed by atoms with van der Waals surface area (Å²) in [6.07, 6.45) is 0. The summed E-state index contributed by atoms with van der Waals surface area (Å²) >= 11 is 0. The number of hydrogen-bond donors (Lipinski definition) is 1. The Labute approximate surface area is 111 Å². The highest BCUT2D eigenvalue weighted by Gasteiger charge is 2.21. The molecular weight excluding hydrogens is 246 g/mol. The molecule has 0 saturated heterocycles. The molecule has 2 aromatic rings. The van der Waals surface area contributed by atoms with Crippen molar-refractivity contribution in [3.63, 3.8) is 0 Å². The van der Waals surface area contributed by atoms with E-state index in [4.69, 9.17) is 9.84 Å². The van der Waals surface area contributed by atoms with Gasteiger partial charge in [-0.3, -0.25) is 0 Å². The van der Waals surface area contributed by atoms with Crippen molar-refractivity contribution in [2.24, 2.45) is 0 Å². The Kier molecular flexibility index (Phi) is 3.53. The molecule has 102 valence electrons. The second kappa shape index (κ2) is 4.97. The summed E-state index contributed by atoms with van der Waals surface area (Å²) in [7, 11) is 0.